The van der Waals surface area contributed by atoms with Crippen LogP contribution in [0.2, 0.25) is 5.02 Å². The number of hydrogen-bond donors (Lipinski definition) is 1. The third-order valence-electron chi connectivity index (χ3n) is 3.63. The van der Waals surface area contributed by atoms with Gasteiger partial charge >= 0.3 is 0 Å². The number of aliphatic hydroxyl groups is 1. The second-order valence-corrected chi connectivity index (χ2v) is 5.06. The number of aliphatic hydroxyl groups excluding tert-OH is 1. The first-order valence-electron chi connectivity index (χ1n) is 6.42. The van der Waals surface area contributed by atoms with Crippen LogP contribution in [0.3, 0.4) is 0 Å². The van der Waals surface area contributed by atoms with Crippen molar-refractivity contribution in [2.45, 2.75) is 45.3 Å². The van der Waals surface area contributed by atoms with Crippen LogP contribution in [0.4, 0.5) is 5.69 Å². The van der Waals surface area contributed by atoms with E-state index in [2.05, 4.69) is 11.8 Å². The highest BCUT2D eigenvalue weighted by Gasteiger charge is 2.24. The molecule has 0 aliphatic carbocycles. The van der Waals surface area contributed by atoms with E-state index in [0.29, 0.717) is 6.04 Å². The van der Waals surface area contributed by atoms with Gasteiger partial charge in [0, 0.05) is 18.2 Å². The van der Waals surface area contributed by atoms with E-state index in [1.165, 1.54) is 19.3 Å². The maximum Gasteiger partial charge on any atom is 0.0702 e. The lowest BCUT2D eigenvalue weighted by Gasteiger charge is -2.38. The zero-order valence-corrected chi connectivity index (χ0v) is 11.1. The average molecular weight is 254 g/mol. The van der Waals surface area contributed by atoms with Crippen molar-refractivity contribution in [3.8, 4) is 0 Å². The van der Waals surface area contributed by atoms with Crippen LogP contribution in [0.15, 0.2) is 18.2 Å². The number of para-hydroxylation sites is 1. The van der Waals surface area contributed by atoms with E-state index in [9.17, 15) is 5.11 Å². The van der Waals surface area contributed by atoms with Crippen LogP contribution >= 0.6 is 11.6 Å². The molecule has 17 heavy (non-hydrogen) atoms. The third kappa shape index (κ3) is 2.58. The van der Waals surface area contributed by atoms with Crippen LogP contribution in [-0.4, -0.2) is 17.7 Å². The lowest BCUT2D eigenvalue weighted by molar-refractivity contribution is 0.281. The molecule has 1 atom stereocenters. The number of anilines is 1. The Bertz CT molecular complexity index is 380. The molecule has 1 heterocycles. The van der Waals surface area contributed by atoms with Crippen molar-refractivity contribution < 1.29 is 5.11 Å². The first-order valence-corrected chi connectivity index (χ1v) is 6.80. The lowest BCUT2D eigenvalue weighted by atomic mass is 9.98. The Morgan fingerprint density at radius 2 is 2.24 bits per heavy atom. The number of piperidine rings is 1. The second kappa shape index (κ2) is 5.74. The number of rotatable bonds is 3. The molecule has 3 heteroatoms. The molecule has 1 aromatic rings. The Balaban J connectivity index is 2.36. The smallest absolute Gasteiger partial charge is 0.0702 e. The van der Waals surface area contributed by atoms with E-state index in [-0.39, 0.29) is 6.61 Å². The molecule has 0 amide bonds. The molecule has 0 spiro atoms. The van der Waals surface area contributed by atoms with E-state index in [1.807, 2.05) is 18.2 Å². The van der Waals surface area contributed by atoms with Crippen LogP contribution in [-0.2, 0) is 6.61 Å². The van der Waals surface area contributed by atoms with E-state index >= 15 is 0 Å². The molecule has 1 fully saturated rings. The molecular weight excluding hydrogens is 234 g/mol. The molecule has 0 aromatic heterocycles. The third-order valence-corrected chi connectivity index (χ3v) is 3.93. The molecule has 0 bridgehead atoms. The number of hydrogen-bond acceptors (Lipinski definition) is 2. The molecule has 2 nitrogen and oxygen atoms in total. The van der Waals surface area contributed by atoms with Crippen molar-refractivity contribution in [1.29, 1.82) is 0 Å². The minimum Gasteiger partial charge on any atom is -0.392 e. The molecule has 94 valence electrons. The maximum absolute atomic E-state index is 9.45. The first kappa shape index (κ1) is 12.7. The van der Waals surface area contributed by atoms with E-state index < -0.39 is 0 Å². The van der Waals surface area contributed by atoms with Gasteiger partial charge in [-0.25, -0.2) is 0 Å². The quantitative estimate of drug-likeness (QED) is 0.890. The Labute approximate surface area is 108 Å². The molecular formula is C14H20ClNO. The van der Waals surface area contributed by atoms with Crippen LogP contribution in [0.1, 0.15) is 38.2 Å². The van der Waals surface area contributed by atoms with Crippen molar-refractivity contribution in [3.05, 3.63) is 28.8 Å². The van der Waals surface area contributed by atoms with E-state index in [0.717, 1.165) is 29.2 Å². The summed E-state index contributed by atoms with van der Waals surface area (Å²) in [7, 11) is 0. The van der Waals surface area contributed by atoms with Crippen molar-refractivity contribution in [2.75, 3.05) is 11.4 Å². The van der Waals surface area contributed by atoms with Gasteiger partial charge in [-0.05, 0) is 31.7 Å². The predicted octanol–water partition coefficient (Wildman–Crippen LogP) is 3.60. The summed E-state index contributed by atoms with van der Waals surface area (Å²) in [6.45, 7) is 3.33. The second-order valence-electron chi connectivity index (χ2n) is 4.66. The van der Waals surface area contributed by atoms with Crippen molar-refractivity contribution in [1.82, 2.24) is 0 Å². The molecule has 1 unspecified atom stereocenters. The summed E-state index contributed by atoms with van der Waals surface area (Å²) in [4.78, 5) is 2.39. The highest BCUT2D eigenvalue weighted by molar-refractivity contribution is 6.33. The molecule has 2 rings (SSSR count). The molecule has 1 N–H and O–H groups in total. The Morgan fingerprint density at radius 1 is 1.41 bits per heavy atom. The minimum absolute atomic E-state index is 0.0584. The Hall–Kier alpha value is -0.730. The van der Waals surface area contributed by atoms with Crippen LogP contribution < -0.4 is 4.90 Å². The standard InChI is InChI=1S/C14H20ClNO/c1-2-12-7-3-4-9-16(12)14-11(10-17)6-5-8-13(14)15/h5-6,8,12,17H,2-4,7,9-10H2,1H3. The fourth-order valence-corrected chi connectivity index (χ4v) is 3.03. The first-order chi connectivity index (χ1) is 8.27. The summed E-state index contributed by atoms with van der Waals surface area (Å²) >= 11 is 6.31. The zero-order chi connectivity index (χ0) is 12.3. The van der Waals surface area contributed by atoms with Gasteiger partial charge in [-0.3, -0.25) is 0 Å². The van der Waals surface area contributed by atoms with Crippen molar-refractivity contribution in [2.24, 2.45) is 0 Å². The molecule has 1 saturated heterocycles. The lowest BCUT2D eigenvalue weighted by Crippen LogP contribution is -2.39. The van der Waals surface area contributed by atoms with Gasteiger partial charge in [0.25, 0.3) is 0 Å². The summed E-state index contributed by atoms with van der Waals surface area (Å²) in [5.41, 5.74) is 1.99. The van der Waals surface area contributed by atoms with Crippen LogP contribution in [0.5, 0.6) is 0 Å². The van der Waals surface area contributed by atoms with Crippen LogP contribution in [0.25, 0.3) is 0 Å². The van der Waals surface area contributed by atoms with Gasteiger partial charge in [0.15, 0.2) is 0 Å². The topological polar surface area (TPSA) is 23.5 Å². The Kier molecular flexibility index (Phi) is 4.30. The SMILES string of the molecule is CCC1CCCCN1c1c(Cl)cccc1CO. The maximum atomic E-state index is 9.45. The van der Waals surface area contributed by atoms with Gasteiger partial charge in [-0.2, -0.15) is 0 Å². The summed E-state index contributed by atoms with van der Waals surface area (Å²) in [6.07, 6.45) is 4.88. The van der Waals surface area contributed by atoms with E-state index in [4.69, 9.17) is 11.6 Å². The normalized spacial score (nSPS) is 20.6. The highest BCUT2D eigenvalue weighted by atomic mass is 35.5. The van der Waals surface area contributed by atoms with Gasteiger partial charge in [0.2, 0.25) is 0 Å². The van der Waals surface area contributed by atoms with Gasteiger partial charge in [-0.1, -0.05) is 30.7 Å². The number of benzene rings is 1. The summed E-state index contributed by atoms with van der Waals surface area (Å²) in [5, 5.41) is 10.2. The summed E-state index contributed by atoms with van der Waals surface area (Å²) in [6, 6.07) is 6.34. The van der Waals surface area contributed by atoms with Crippen LogP contribution in [0, 0.1) is 0 Å². The zero-order valence-electron chi connectivity index (χ0n) is 10.3. The fourth-order valence-electron chi connectivity index (χ4n) is 2.73. The fraction of sp³-hybridized carbons (Fsp3) is 0.571. The Morgan fingerprint density at radius 3 is 2.94 bits per heavy atom. The molecule has 1 aliphatic heterocycles. The molecule has 1 aromatic carbocycles. The molecule has 0 saturated carbocycles. The van der Waals surface area contributed by atoms with Gasteiger partial charge < -0.3 is 10.0 Å². The minimum atomic E-state index is 0.0584. The highest BCUT2D eigenvalue weighted by Crippen LogP contribution is 2.35. The number of nitrogens with zero attached hydrogens (tertiary/aromatic N) is 1. The number of halogens is 1. The summed E-state index contributed by atoms with van der Waals surface area (Å²) in [5.74, 6) is 0. The van der Waals surface area contributed by atoms with Crippen molar-refractivity contribution >= 4 is 17.3 Å². The predicted molar refractivity (Wildman–Crippen MR) is 72.7 cm³/mol. The largest absolute Gasteiger partial charge is 0.392 e. The molecule has 0 radical (unpaired) electrons. The van der Waals surface area contributed by atoms with E-state index in [1.54, 1.807) is 0 Å². The average Bonchev–Trinajstić information content (AvgIpc) is 2.38. The molecule has 1 aliphatic rings. The monoisotopic (exact) mass is 253 g/mol. The van der Waals surface area contributed by atoms with Gasteiger partial charge in [-0.15, -0.1) is 0 Å². The van der Waals surface area contributed by atoms with Crippen molar-refractivity contribution in [3.63, 3.8) is 0 Å². The summed E-state index contributed by atoms with van der Waals surface area (Å²) < 4.78 is 0. The van der Waals surface area contributed by atoms with Gasteiger partial charge in [0.05, 0.1) is 17.3 Å². The van der Waals surface area contributed by atoms with Gasteiger partial charge in [0.1, 0.15) is 0 Å².